The van der Waals surface area contributed by atoms with Gasteiger partial charge in [0.1, 0.15) is 41.2 Å². The van der Waals surface area contributed by atoms with Crippen LogP contribution in [-0.2, 0) is 17.8 Å². The Labute approximate surface area is 382 Å². The molecular formula is C45H52Cl2N10O4P2. The Morgan fingerprint density at radius 2 is 1.41 bits per heavy atom. The number of fused-ring (bicyclic) bond motifs is 2. The van der Waals surface area contributed by atoms with Crippen LogP contribution in [0.15, 0.2) is 67.3 Å². The number of amides is 1. The fourth-order valence-corrected chi connectivity index (χ4v) is 6.63. The van der Waals surface area contributed by atoms with Crippen molar-refractivity contribution in [1.29, 1.82) is 10.5 Å². The second kappa shape index (κ2) is 26.0. The van der Waals surface area contributed by atoms with Gasteiger partial charge in [-0.25, -0.2) is 24.7 Å². The molecule has 330 valence electrons. The average Bonchev–Trinajstić information content (AvgIpc) is 3.75. The predicted octanol–water partition coefficient (Wildman–Crippen LogP) is 10.7. The highest BCUT2D eigenvalue weighted by molar-refractivity contribution is 8.02. The van der Waals surface area contributed by atoms with E-state index in [4.69, 9.17) is 44.2 Å². The molecule has 0 spiro atoms. The van der Waals surface area contributed by atoms with Crippen molar-refractivity contribution in [2.45, 2.75) is 79.5 Å². The van der Waals surface area contributed by atoms with Gasteiger partial charge in [0.2, 0.25) is 0 Å². The number of aryl methyl sites for hydroxylation is 4. The molecule has 14 nitrogen and oxygen atoms in total. The summed E-state index contributed by atoms with van der Waals surface area (Å²) < 4.78 is 9.28. The molecule has 1 amide bonds. The van der Waals surface area contributed by atoms with Gasteiger partial charge in [-0.05, 0) is 64.7 Å². The number of hydrogen-bond donors (Lipinski definition) is 3. The molecule has 63 heavy (non-hydrogen) atoms. The van der Waals surface area contributed by atoms with Crippen LogP contribution in [-0.4, -0.2) is 69.9 Å². The number of nitriles is 2. The summed E-state index contributed by atoms with van der Waals surface area (Å²) in [4.78, 5) is 41.9. The Kier molecular flexibility index (Phi) is 21.3. The summed E-state index contributed by atoms with van der Waals surface area (Å²) in [5.74, 6) is 2.21. The first-order valence-electron chi connectivity index (χ1n) is 19.7. The van der Waals surface area contributed by atoms with Gasteiger partial charge < -0.3 is 24.7 Å². The third-order valence-electron chi connectivity index (χ3n) is 8.92. The molecule has 1 atom stereocenters. The van der Waals surface area contributed by atoms with E-state index in [9.17, 15) is 14.7 Å². The van der Waals surface area contributed by atoms with Crippen molar-refractivity contribution in [3.8, 4) is 34.4 Å². The molecule has 6 aromatic rings. The number of anilines is 2. The number of aliphatic hydroxyl groups is 1. The number of carbonyl (C=O) groups is 2. The number of alkyl halides is 2. The molecule has 0 saturated carbocycles. The van der Waals surface area contributed by atoms with Gasteiger partial charge in [0.05, 0.1) is 39.6 Å². The Hall–Kier alpha value is -5.72. The van der Waals surface area contributed by atoms with E-state index in [1.165, 1.54) is 24.5 Å². The maximum absolute atomic E-state index is 12.4. The van der Waals surface area contributed by atoms with Gasteiger partial charge in [0.15, 0.2) is 6.29 Å². The van der Waals surface area contributed by atoms with Crippen molar-refractivity contribution in [1.82, 2.24) is 29.1 Å². The lowest BCUT2D eigenvalue weighted by molar-refractivity contribution is 0.0635. The van der Waals surface area contributed by atoms with E-state index in [2.05, 4.69) is 41.1 Å². The van der Waals surface area contributed by atoms with Gasteiger partial charge in [-0.2, -0.15) is 10.5 Å². The Morgan fingerprint density at radius 1 is 0.889 bits per heavy atom. The Morgan fingerprint density at radius 3 is 1.89 bits per heavy atom. The maximum Gasteiger partial charge on any atom is 0.413 e. The van der Waals surface area contributed by atoms with Gasteiger partial charge >= 0.3 is 6.09 Å². The van der Waals surface area contributed by atoms with Crippen LogP contribution in [0.3, 0.4) is 0 Å². The summed E-state index contributed by atoms with van der Waals surface area (Å²) in [6.45, 7) is 12.8. The Bertz CT molecular complexity index is 2590. The number of aromatic nitrogens is 6. The van der Waals surface area contributed by atoms with Crippen molar-refractivity contribution in [2.24, 2.45) is 0 Å². The minimum atomic E-state index is -0.642. The molecule has 0 radical (unpaired) electrons. The number of rotatable bonds is 11. The number of aliphatic hydroxyl groups excluding tert-OH is 1. The van der Waals surface area contributed by atoms with Crippen molar-refractivity contribution >= 4 is 98.0 Å². The Balaban J connectivity index is 0.000000290. The van der Waals surface area contributed by atoms with E-state index in [0.717, 1.165) is 65.9 Å². The molecule has 0 bridgehead atoms. The van der Waals surface area contributed by atoms with Crippen molar-refractivity contribution < 1.29 is 19.4 Å². The molecule has 18 heteroatoms. The summed E-state index contributed by atoms with van der Waals surface area (Å²) in [7, 11) is 3.35. The first kappa shape index (κ1) is 51.6. The van der Waals surface area contributed by atoms with Crippen LogP contribution in [0.2, 0.25) is 0 Å². The lowest BCUT2D eigenvalue weighted by Crippen LogP contribution is -2.27. The van der Waals surface area contributed by atoms with Crippen LogP contribution in [0, 0.1) is 36.5 Å². The fraction of sp³-hybridized carbons (Fsp3) is 0.311. The van der Waals surface area contributed by atoms with Crippen LogP contribution < -0.4 is 11.1 Å². The van der Waals surface area contributed by atoms with Crippen LogP contribution in [0.1, 0.15) is 74.3 Å². The second-order valence-corrected chi connectivity index (χ2v) is 16.8. The standard InChI is InChI=1S/C23H28N4O3.C19H19N5O.C2H3NP2.CH2Cl2/c1-6-7-12-27-17(13-28)18(16-10-8-15(2)9-11-16)19-20(24-14-25-21(19)27)26-22(29)30-23(3,4)5;1-13-5-7-14(8-6-13)16-15(4-2-9-20)24(10-3-11-25)19-17(16)18(21)22-12-23-19;3-1-2-5-4;2-1-3/h8-11,13-14H,6-7,12H2,1-5H3,(H,24,25,26,29);2,4-8,12,25H,3,10-11H2,1H3,(H2,21,22,23);2H,4H2;1H2/b;4-2+;;. The van der Waals surface area contributed by atoms with Gasteiger partial charge in [-0.3, -0.25) is 10.1 Å². The molecule has 4 aromatic heterocycles. The zero-order valence-corrected chi connectivity index (χ0v) is 39.7. The molecule has 0 saturated heterocycles. The largest absolute Gasteiger partial charge is 0.444 e. The number of nitrogens with zero attached hydrogens (tertiary/aromatic N) is 8. The second-order valence-electron chi connectivity index (χ2n) is 14.6. The maximum atomic E-state index is 12.4. The van der Waals surface area contributed by atoms with Crippen molar-refractivity contribution in [3.63, 3.8) is 0 Å². The summed E-state index contributed by atoms with van der Waals surface area (Å²) in [5.41, 5.74) is 13.9. The first-order chi connectivity index (χ1) is 30.2. The zero-order chi connectivity index (χ0) is 46.5. The van der Waals surface area contributed by atoms with Crippen LogP contribution in [0.4, 0.5) is 16.4 Å². The summed E-state index contributed by atoms with van der Waals surface area (Å²) >= 11 is 9.53. The van der Waals surface area contributed by atoms with Gasteiger partial charge in [-0.1, -0.05) is 89.8 Å². The third kappa shape index (κ3) is 14.4. The van der Waals surface area contributed by atoms with E-state index in [-0.39, 0.29) is 11.9 Å². The number of nitrogens with one attached hydrogen (secondary N) is 1. The normalized spacial score (nSPS) is 10.9. The predicted molar refractivity (Wildman–Crippen MR) is 261 cm³/mol. The quantitative estimate of drug-likeness (QED) is 0.0481. The highest BCUT2D eigenvalue weighted by atomic mass is 35.5. The first-order valence-corrected chi connectivity index (χ1v) is 23.4. The highest BCUT2D eigenvalue weighted by Crippen LogP contribution is 2.39. The molecular weight excluding hydrogens is 877 g/mol. The summed E-state index contributed by atoms with van der Waals surface area (Å²) in [5, 5.41) is 30.3. The number of aldehydes is 1. The van der Waals surface area contributed by atoms with Crippen molar-refractivity contribution in [2.75, 3.05) is 23.0 Å². The monoisotopic (exact) mass is 928 g/mol. The van der Waals surface area contributed by atoms with Gasteiger partial charge in [0, 0.05) is 42.7 Å². The lowest BCUT2D eigenvalue weighted by atomic mass is 10.0. The topological polar surface area (TPSA) is 211 Å². The van der Waals surface area contributed by atoms with E-state index in [1.54, 1.807) is 26.8 Å². The number of allylic oxidation sites excluding steroid dienone is 1. The van der Waals surface area contributed by atoms with Crippen LogP contribution in [0.5, 0.6) is 0 Å². The minimum absolute atomic E-state index is 0.0709. The number of carbonyl (C=O) groups excluding carboxylic acids is 2. The summed E-state index contributed by atoms with van der Waals surface area (Å²) in [6, 6.07) is 19.9. The lowest BCUT2D eigenvalue weighted by Gasteiger charge is -2.19. The van der Waals surface area contributed by atoms with Crippen LogP contribution >= 0.6 is 40.0 Å². The molecule has 4 N–H and O–H groups in total. The fourth-order valence-electron chi connectivity index (χ4n) is 6.36. The van der Waals surface area contributed by atoms with Gasteiger partial charge in [-0.15, -0.1) is 23.2 Å². The van der Waals surface area contributed by atoms with E-state index < -0.39 is 11.7 Å². The molecule has 0 aliphatic rings. The molecule has 6 rings (SSSR count). The number of unbranched alkanes of at least 4 members (excludes halogenated alkanes) is 1. The SMILES string of the molecule is CCCCn1c(C=O)c(-c2ccc(C)cc2)c2c(NC(=O)OC(C)(C)C)ncnc21.Cc1ccc(-c2c(/C=C/C#N)n(CCCO)c3ncnc(N)c23)cc1.ClCCl.N#CC=PP. The molecule has 4 heterocycles. The third-order valence-corrected chi connectivity index (χ3v) is 9.64. The van der Waals surface area contributed by atoms with Crippen molar-refractivity contribution in [3.05, 3.63) is 89.8 Å². The minimum Gasteiger partial charge on any atom is -0.444 e. The molecule has 1 unspecified atom stereocenters. The molecule has 0 aliphatic heterocycles. The number of hydrogen-bond acceptors (Lipinski definition) is 11. The van der Waals surface area contributed by atoms with E-state index >= 15 is 0 Å². The molecule has 0 aliphatic carbocycles. The van der Waals surface area contributed by atoms with E-state index in [1.807, 2.05) is 83.7 Å². The summed E-state index contributed by atoms with van der Waals surface area (Å²) in [6.07, 6.45) is 8.72. The van der Waals surface area contributed by atoms with E-state index in [0.29, 0.717) is 59.1 Å². The number of nitrogens with two attached hydrogens (primary N) is 1. The number of ether oxygens (including phenoxy) is 1. The van der Waals surface area contributed by atoms with Gasteiger partial charge in [0.25, 0.3) is 0 Å². The zero-order valence-electron chi connectivity index (χ0n) is 36.1. The molecule has 2 aromatic carbocycles. The van der Waals surface area contributed by atoms with Crippen LogP contribution in [0.25, 0.3) is 50.4 Å². The average molecular weight is 930 g/mol. The molecule has 0 fully saturated rings. The smallest absolute Gasteiger partial charge is 0.413 e. The number of benzene rings is 2. The number of nitrogen functional groups attached to an aromatic ring is 1. The highest BCUT2D eigenvalue weighted by Gasteiger charge is 2.25. The number of halogens is 2.